The summed E-state index contributed by atoms with van der Waals surface area (Å²) in [6.07, 6.45) is 0.665. The van der Waals surface area contributed by atoms with Crippen molar-refractivity contribution in [1.82, 2.24) is 15.0 Å². The molecule has 2 heterocycles. The maximum Gasteiger partial charge on any atom is 0.269 e. The van der Waals surface area contributed by atoms with Crippen LogP contribution in [0.5, 0.6) is 0 Å². The highest BCUT2D eigenvalue weighted by atomic mass is 16.6. The molecular weight excluding hydrogens is 358 g/mol. The molecule has 0 spiro atoms. The minimum absolute atomic E-state index is 0.116. The van der Waals surface area contributed by atoms with Crippen molar-refractivity contribution in [2.45, 2.75) is 13.0 Å². The fraction of sp³-hybridized carbons (Fsp3) is 0.300. The Hall–Kier alpha value is -3.26. The summed E-state index contributed by atoms with van der Waals surface area (Å²) in [5, 5.41) is 14.9. The first-order valence-corrected chi connectivity index (χ1v) is 9.24. The molecular formula is C20H21N5O3. The molecule has 1 aliphatic heterocycles. The average molecular weight is 379 g/mol. The van der Waals surface area contributed by atoms with Crippen molar-refractivity contribution >= 4 is 11.4 Å². The molecule has 1 aromatic heterocycles. The van der Waals surface area contributed by atoms with Gasteiger partial charge in [-0.3, -0.25) is 15.0 Å². The van der Waals surface area contributed by atoms with Crippen LogP contribution in [-0.2, 0) is 13.0 Å². The van der Waals surface area contributed by atoms with Crippen molar-refractivity contribution in [2.75, 3.05) is 31.1 Å². The molecule has 1 fully saturated rings. The lowest BCUT2D eigenvalue weighted by atomic mass is 10.1. The van der Waals surface area contributed by atoms with Crippen molar-refractivity contribution in [3.8, 4) is 0 Å². The van der Waals surface area contributed by atoms with E-state index in [0.29, 0.717) is 24.7 Å². The Balaban J connectivity index is 1.29. The highest BCUT2D eigenvalue weighted by Crippen LogP contribution is 2.21. The van der Waals surface area contributed by atoms with Crippen LogP contribution in [0.4, 0.5) is 11.4 Å². The summed E-state index contributed by atoms with van der Waals surface area (Å²) in [5.74, 6) is 1.33. The molecule has 2 aromatic carbocycles. The van der Waals surface area contributed by atoms with Crippen LogP contribution in [0.2, 0.25) is 0 Å². The van der Waals surface area contributed by atoms with Gasteiger partial charge in [0.05, 0.1) is 11.5 Å². The van der Waals surface area contributed by atoms with E-state index in [2.05, 4.69) is 19.9 Å². The number of hydrogen-bond donors (Lipinski definition) is 0. The van der Waals surface area contributed by atoms with Crippen LogP contribution >= 0.6 is 0 Å². The summed E-state index contributed by atoms with van der Waals surface area (Å²) in [6, 6.07) is 16.8. The summed E-state index contributed by atoms with van der Waals surface area (Å²) in [4.78, 5) is 19.4. The molecule has 0 N–H and O–H groups in total. The minimum atomic E-state index is -0.377. The smallest absolute Gasteiger partial charge is 0.269 e. The van der Waals surface area contributed by atoms with Crippen molar-refractivity contribution in [3.05, 3.63) is 82.0 Å². The third-order valence-corrected chi connectivity index (χ3v) is 4.87. The van der Waals surface area contributed by atoms with Gasteiger partial charge in [-0.25, -0.2) is 0 Å². The molecule has 4 rings (SSSR count). The van der Waals surface area contributed by atoms with E-state index in [1.807, 2.05) is 42.5 Å². The fourth-order valence-corrected chi connectivity index (χ4v) is 3.35. The number of non-ortho nitro benzene ring substituents is 1. The molecule has 28 heavy (non-hydrogen) atoms. The molecule has 0 atom stereocenters. The standard InChI is InChI=1S/C20H21N5O3/c26-25(27)18-8-6-17(7-9-18)24-12-10-23(11-13-24)15-20-21-19(22-28-20)14-16-4-2-1-3-5-16/h1-9H,10-15H2. The molecule has 0 radical (unpaired) electrons. The van der Waals surface area contributed by atoms with Gasteiger partial charge in [-0.05, 0) is 17.7 Å². The number of rotatable bonds is 6. The summed E-state index contributed by atoms with van der Waals surface area (Å²) < 4.78 is 5.41. The third kappa shape index (κ3) is 4.34. The van der Waals surface area contributed by atoms with Gasteiger partial charge in [0.1, 0.15) is 0 Å². The van der Waals surface area contributed by atoms with Gasteiger partial charge in [-0.2, -0.15) is 4.98 Å². The molecule has 0 aliphatic carbocycles. The second kappa shape index (κ2) is 8.18. The van der Waals surface area contributed by atoms with Crippen LogP contribution in [-0.4, -0.2) is 46.1 Å². The molecule has 3 aromatic rings. The van der Waals surface area contributed by atoms with Crippen LogP contribution < -0.4 is 4.90 Å². The van der Waals surface area contributed by atoms with Gasteiger partial charge in [-0.1, -0.05) is 35.5 Å². The van der Waals surface area contributed by atoms with Crippen LogP contribution in [0.1, 0.15) is 17.3 Å². The quantitative estimate of drug-likeness (QED) is 0.480. The molecule has 0 amide bonds. The third-order valence-electron chi connectivity index (χ3n) is 4.87. The number of piperazine rings is 1. The van der Waals surface area contributed by atoms with Gasteiger partial charge in [0.2, 0.25) is 5.89 Å². The Morgan fingerprint density at radius 1 is 1.00 bits per heavy atom. The molecule has 8 nitrogen and oxygen atoms in total. The summed E-state index contributed by atoms with van der Waals surface area (Å²) in [5.41, 5.74) is 2.28. The second-order valence-corrected chi connectivity index (χ2v) is 6.80. The predicted octanol–water partition coefficient (Wildman–Crippen LogP) is 2.89. The Kier molecular flexibility index (Phi) is 5.29. The van der Waals surface area contributed by atoms with Crippen LogP contribution in [0.3, 0.4) is 0 Å². The van der Waals surface area contributed by atoms with E-state index < -0.39 is 0 Å². The zero-order chi connectivity index (χ0) is 19.3. The van der Waals surface area contributed by atoms with Crippen LogP contribution in [0.15, 0.2) is 59.1 Å². The molecule has 0 unspecified atom stereocenters. The zero-order valence-corrected chi connectivity index (χ0v) is 15.4. The number of hydrogen-bond acceptors (Lipinski definition) is 7. The lowest BCUT2D eigenvalue weighted by Gasteiger charge is -2.35. The first-order chi connectivity index (χ1) is 13.7. The number of nitro groups is 1. The molecule has 0 bridgehead atoms. The van der Waals surface area contributed by atoms with E-state index in [-0.39, 0.29) is 10.6 Å². The van der Waals surface area contributed by atoms with Gasteiger partial charge >= 0.3 is 0 Å². The number of aromatic nitrogens is 2. The van der Waals surface area contributed by atoms with Gasteiger partial charge in [0.15, 0.2) is 5.82 Å². The van der Waals surface area contributed by atoms with E-state index in [4.69, 9.17) is 4.52 Å². The number of anilines is 1. The first-order valence-electron chi connectivity index (χ1n) is 9.24. The van der Waals surface area contributed by atoms with E-state index in [1.54, 1.807) is 12.1 Å². The lowest BCUT2D eigenvalue weighted by Crippen LogP contribution is -2.46. The normalized spacial score (nSPS) is 14.9. The SMILES string of the molecule is O=[N+]([O-])c1ccc(N2CCN(Cc3nc(Cc4ccccc4)no3)CC2)cc1. The Labute approximate surface area is 162 Å². The molecule has 144 valence electrons. The van der Waals surface area contributed by atoms with Crippen LogP contribution in [0, 0.1) is 10.1 Å². The topological polar surface area (TPSA) is 88.5 Å². The number of nitro benzene ring substituents is 1. The van der Waals surface area contributed by atoms with Gasteiger partial charge in [0.25, 0.3) is 5.69 Å². The Morgan fingerprint density at radius 3 is 2.39 bits per heavy atom. The summed E-state index contributed by atoms with van der Waals surface area (Å²) in [7, 11) is 0. The summed E-state index contributed by atoms with van der Waals surface area (Å²) >= 11 is 0. The maximum atomic E-state index is 10.8. The molecule has 1 saturated heterocycles. The predicted molar refractivity (Wildman–Crippen MR) is 104 cm³/mol. The Bertz CT molecular complexity index is 919. The molecule has 1 aliphatic rings. The highest BCUT2D eigenvalue weighted by Gasteiger charge is 2.20. The highest BCUT2D eigenvalue weighted by molar-refractivity contribution is 5.51. The van der Waals surface area contributed by atoms with E-state index in [1.165, 1.54) is 0 Å². The average Bonchev–Trinajstić information content (AvgIpc) is 3.16. The van der Waals surface area contributed by atoms with Gasteiger partial charge < -0.3 is 9.42 Å². The van der Waals surface area contributed by atoms with Crippen LogP contribution in [0.25, 0.3) is 0 Å². The minimum Gasteiger partial charge on any atom is -0.369 e. The van der Waals surface area contributed by atoms with Crippen molar-refractivity contribution in [2.24, 2.45) is 0 Å². The van der Waals surface area contributed by atoms with Gasteiger partial charge in [-0.15, -0.1) is 0 Å². The maximum absolute atomic E-state index is 10.8. The van der Waals surface area contributed by atoms with E-state index in [0.717, 1.165) is 37.4 Å². The lowest BCUT2D eigenvalue weighted by molar-refractivity contribution is -0.384. The monoisotopic (exact) mass is 379 g/mol. The fourth-order valence-electron chi connectivity index (χ4n) is 3.35. The zero-order valence-electron chi connectivity index (χ0n) is 15.4. The van der Waals surface area contributed by atoms with Crippen molar-refractivity contribution in [1.29, 1.82) is 0 Å². The molecule has 8 heteroatoms. The number of benzene rings is 2. The second-order valence-electron chi connectivity index (χ2n) is 6.80. The number of nitrogens with zero attached hydrogens (tertiary/aromatic N) is 5. The van der Waals surface area contributed by atoms with Crippen molar-refractivity contribution < 1.29 is 9.45 Å². The largest absolute Gasteiger partial charge is 0.369 e. The van der Waals surface area contributed by atoms with Gasteiger partial charge in [0, 0.05) is 50.4 Å². The summed E-state index contributed by atoms with van der Waals surface area (Å²) in [6.45, 7) is 4.07. The Morgan fingerprint density at radius 2 is 1.71 bits per heavy atom. The van der Waals surface area contributed by atoms with E-state index >= 15 is 0 Å². The first kappa shape index (κ1) is 18.1. The van der Waals surface area contributed by atoms with E-state index in [9.17, 15) is 10.1 Å². The van der Waals surface area contributed by atoms with Crippen molar-refractivity contribution in [3.63, 3.8) is 0 Å². The molecule has 0 saturated carbocycles.